The van der Waals surface area contributed by atoms with Crippen LogP contribution in [0.4, 0.5) is 4.39 Å². The van der Waals surface area contributed by atoms with Gasteiger partial charge in [-0.3, -0.25) is 0 Å². The van der Waals surface area contributed by atoms with E-state index in [1.165, 1.54) is 42.4 Å². The molecule has 0 atom stereocenters. The van der Waals surface area contributed by atoms with Crippen molar-refractivity contribution < 1.29 is 4.39 Å². The molecule has 116 valence electrons. The zero-order chi connectivity index (χ0) is 15.5. The summed E-state index contributed by atoms with van der Waals surface area (Å²) in [6.07, 6.45) is 11.7. The molecule has 2 aliphatic carbocycles. The van der Waals surface area contributed by atoms with Gasteiger partial charge in [-0.05, 0) is 68.1 Å². The van der Waals surface area contributed by atoms with Gasteiger partial charge in [0.05, 0.1) is 0 Å². The van der Waals surface area contributed by atoms with Crippen LogP contribution < -0.4 is 0 Å². The molecule has 0 amide bonds. The van der Waals surface area contributed by atoms with Crippen molar-refractivity contribution in [1.82, 2.24) is 0 Å². The standard InChI is InChI=1S/C21H25F/c1-3-4-16-5-7-17(8-6-16)18-9-11-19(12-10-18)20-13-15(2)21(22)14-20/h3-8,13,18-19H,9-12,14H2,1-2H3/b4-3+. The van der Waals surface area contributed by atoms with Crippen LogP contribution in [0, 0.1) is 5.92 Å². The highest BCUT2D eigenvalue weighted by Gasteiger charge is 2.27. The first kappa shape index (κ1) is 15.3. The summed E-state index contributed by atoms with van der Waals surface area (Å²) < 4.78 is 13.6. The predicted octanol–water partition coefficient (Wildman–Crippen LogP) is 6.57. The van der Waals surface area contributed by atoms with Crippen molar-refractivity contribution in [3.8, 4) is 0 Å². The summed E-state index contributed by atoms with van der Waals surface area (Å²) >= 11 is 0. The maximum absolute atomic E-state index is 13.6. The van der Waals surface area contributed by atoms with E-state index in [0.29, 0.717) is 18.3 Å². The van der Waals surface area contributed by atoms with Crippen LogP contribution in [0.25, 0.3) is 6.08 Å². The largest absolute Gasteiger partial charge is 0.211 e. The quantitative estimate of drug-likeness (QED) is 0.592. The summed E-state index contributed by atoms with van der Waals surface area (Å²) in [5.74, 6) is 1.36. The molecular formula is C21H25F. The van der Waals surface area contributed by atoms with Crippen molar-refractivity contribution in [2.24, 2.45) is 5.92 Å². The third-order valence-electron chi connectivity index (χ3n) is 5.21. The molecule has 1 heteroatoms. The Hall–Kier alpha value is -1.63. The fourth-order valence-electron chi connectivity index (χ4n) is 3.86. The highest BCUT2D eigenvalue weighted by molar-refractivity contribution is 5.49. The molecular weight excluding hydrogens is 271 g/mol. The molecule has 2 aliphatic rings. The van der Waals surface area contributed by atoms with Crippen molar-refractivity contribution in [3.63, 3.8) is 0 Å². The zero-order valence-electron chi connectivity index (χ0n) is 13.6. The number of hydrogen-bond donors (Lipinski definition) is 0. The molecule has 0 nitrogen and oxygen atoms in total. The number of rotatable bonds is 3. The lowest BCUT2D eigenvalue weighted by Gasteiger charge is -2.29. The second-order valence-corrected chi connectivity index (χ2v) is 6.70. The normalized spacial score (nSPS) is 25.9. The lowest BCUT2D eigenvalue weighted by molar-refractivity contribution is 0.358. The van der Waals surface area contributed by atoms with Gasteiger partial charge in [0.25, 0.3) is 0 Å². The van der Waals surface area contributed by atoms with Crippen molar-refractivity contribution >= 4 is 6.08 Å². The van der Waals surface area contributed by atoms with E-state index >= 15 is 0 Å². The minimum atomic E-state index is 0.0803. The van der Waals surface area contributed by atoms with Crippen molar-refractivity contribution in [3.05, 3.63) is 64.5 Å². The first-order chi connectivity index (χ1) is 10.7. The smallest absolute Gasteiger partial charge is 0.107 e. The Bertz CT molecular complexity index is 608. The molecule has 0 unspecified atom stereocenters. The average Bonchev–Trinajstić information content (AvgIpc) is 2.88. The Morgan fingerprint density at radius 3 is 2.18 bits per heavy atom. The van der Waals surface area contributed by atoms with Crippen molar-refractivity contribution in [2.75, 3.05) is 0 Å². The average molecular weight is 296 g/mol. The summed E-state index contributed by atoms with van der Waals surface area (Å²) in [5.41, 5.74) is 4.91. The Balaban J connectivity index is 1.59. The second kappa shape index (κ2) is 6.64. The molecule has 0 heterocycles. The summed E-state index contributed by atoms with van der Waals surface area (Å²) in [4.78, 5) is 0. The van der Waals surface area contributed by atoms with E-state index in [0.717, 1.165) is 5.57 Å². The third-order valence-corrected chi connectivity index (χ3v) is 5.21. The van der Waals surface area contributed by atoms with Crippen LogP contribution in [0.15, 0.2) is 53.4 Å². The van der Waals surface area contributed by atoms with Gasteiger partial charge < -0.3 is 0 Å². The molecule has 3 rings (SSSR count). The third kappa shape index (κ3) is 3.24. The van der Waals surface area contributed by atoms with E-state index in [2.05, 4.69) is 42.5 Å². The fraction of sp³-hybridized carbons (Fsp3) is 0.429. The Morgan fingerprint density at radius 1 is 1.00 bits per heavy atom. The molecule has 0 spiro atoms. The van der Waals surface area contributed by atoms with Crippen molar-refractivity contribution in [2.45, 2.75) is 51.9 Å². The highest BCUT2D eigenvalue weighted by atomic mass is 19.1. The van der Waals surface area contributed by atoms with Crippen LogP contribution in [0.5, 0.6) is 0 Å². The fourth-order valence-corrected chi connectivity index (χ4v) is 3.86. The number of benzene rings is 1. The monoisotopic (exact) mass is 296 g/mol. The van der Waals surface area contributed by atoms with Crippen LogP contribution in [0.2, 0.25) is 0 Å². The molecule has 0 N–H and O–H groups in total. The summed E-state index contributed by atoms with van der Waals surface area (Å²) in [6, 6.07) is 8.98. The van der Waals surface area contributed by atoms with Gasteiger partial charge in [-0.1, -0.05) is 48.1 Å². The SMILES string of the molecule is C/C=C/c1ccc(C2CCC(C3=CC(C)=C(F)C3)CC2)cc1. The van der Waals surface area contributed by atoms with Gasteiger partial charge in [-0.25, -0.2) is 4.39 Å². The molecule has 1 aromatic carbocycles. The van der Waals surface area contributed by atoms with Gasteiger partial charge >= 0.3 is 0 Å². The topological polar surface area (TPSA) is 0 Å². The Morgan fingerprint density at radius 2 is 1.64 bits per heavy atom. The molecule has 0 aromatic heterocycles. The summed E-state index contributed by atoms with van der Waals surface area (Å²) in [5, 5.41) is 0. The van der Waals surface area contributed by atoms with Crippen molar-refractivity contribution in [1.29, 1.82) is 0 Å². The maximum atomic E-state index is 13.6. The molecule has 22 heavy (non-hydrogen) atoms. The number of halogens is 1. The van der Waals surface area contributed by atoms with E-state index < -0.39 is 0 Å². The molecule has 1 fully saturated rings. The van der Waals surface area contributed by atoms with E-state index in [1.807, 2.05) is 13.8 Å². The van der Waals surface area contributed by atoms with Gasteiger partial charge in [-0.15, -0.1) is 0 Å². The minimum Gasteiger partial charge on any atom is -0.211 e. The van der Waals surface area contributed by atoms with Crippen LogP contribution in [0.3, 0.4) is 0 Å². The second-order valence-electron chi connectivity index (χ2n) is 6.70. The Kier molecular flexibility index (Phi) is 4.61. The van der Waals surface area contributed by atoms with E-state index in [-0.39, 0.29) is 5.83 Å². The number of hydrogen-bond acceptors (Lipinski definition) is 0. The molecule has 0 saturated heterocycles. The first-order valence-electron chi connectivity index (χ1n) is 8.45. The van der Waals surface area contributed by atoms with Gasteiger partial charge in [0, 0.05) is 6.42 Å². The van der Waals surface area contributed by atoms with Crippen LogP contribution in [-0.2, 0) is 0 Å². The summed E-state index contributed by atoms with van der Waals surface area (Å²) in [7, 11) is 0. The lowest BCUT2D eigenvalue weighted by atomic mass is 9.75. The zero-order valence-corrected chi connectivity index (χ0v) is 13.6. The minimum absolute atomic E-state index is 0.0803. The van der Waals surface area contributed by atoms with E-state index in [9.17, 15) is 4.39 Å². The van der Waals surface area contributed by atoms with Gasteiger partial charge in [-0.2, -0.15) is 0 Å². The first-order valence-corrected chi connectivity index (χ1v) is 8.45. The molecule has 0 aliphatic heterocycles. The molecule has 1 aromatic rings. The van der Waals surface area contributed by atoms with Crippen LogP contribution in [-0.4, -0.2) is 0 Å². The van der Waals surface area contributed by atoms with Gasteiger partial charge in [0.15, 0.2) is 0 Å². The summed E-state index contributed by atoms with van der Waals surface area (Å²) in [6.45, 7) is 3.94. The molecule has 0 radical (unpaired) electrons. The molecule has 1 saturated carbocycles. The van der Waals surface area contributed by atoms with E-state index in [1.54, 1.807) is 0 Å². The van der Waals surface area contributed by atoms with E-state index in [4.69, 9.17) is 0 Å². The molecule has 0 bridgehead atoms. The van der Waals surface area contributed by atoms with Gasteiger partial charge in [0.2, 0.25) is 0 Å². The predicted molar refractivity (Wildman–Crippen MR) is 92.4 cm³/mol. The maximum Gasteiger partial charge on any atom is 0.107 e. The Labute approximate surface area is 133 Å². The van der Waals surface area contributed by atoms with Gasteiger partial charge in [0.1, 0.15) is 5.83 Å². The highest BCUT2D eigenvalue weighted by Crippen LogP contribution is 2.42. The number of allylic oxidation sites excluding steroid dienone is 5. The lowest BCUT2D eigenvalue weighted by Crippen LogP contribution is -2.14. The van der Waals surface area contributed by atoms with Crippen LogP contribution >= 0.6 is 0 Å². The van der Waals surface area contributed by atoms with Crippen LogP contribution in [0.1, 0.15) is 63.0 Å².